The van der Waals surface area contributed by atoms with E-state index in [0.717, 1.165) is 10.7 Å². The molecule has 2 aromatic rings. The monoisotopic (exact) mass is 410 g/mol. The van der Waals surface area contributed by atoms with Gasteiger partial charge in [-0.05, 0) is 23.1 Å². The Hall–Kier alpha value is -1.55. The molecular formula is C18H26N4O3S2. The van der Waals surface area contributed by atoms with E-state index in [1.165, 1.54) is 11.5 Å². The number of piperazine rings is 1. The maximum absolute atomic E-state index is 12.9. The highest BCUT2D eigenvalue weighted by atomic mass is 32.2. The molecule has 1 aromatic heterocycles. The van der Waals surface area contributed by atoms with Gasteiger partial charge in [0.05, 0.1) is 4.90 Å². The molecule has 0 amide bonds. The number of hydrogen-bond donors (Lipinski definition) is 0. The molecule has 0 aliphatic carbocycles. The lowest BCUT2D eigenvalue weighted by molar-refractivity contribution is 0.179. The maximum Gasteiger partial charge on any atom is 0.243 e. The maximum atomic E-state index is 12.9. The fourth-order valence-corrected chi connectivity index (χ4v) is 5.10. The van der Waals surface area contributed by atoms with Gasteiger partial charge in [0.25, 0.3) is 0 Å². The lowest BCUT2D eigenvalue weighted by Gasteiger charge is -2.33. The molecule has 27 heavy (non-hydrogen) atoms. The SMILES string of the molecule is COCc1nsc(N2CCN(S(=O)(=O)c3ccc(C(C)(C)C)cc3)CC2)n1. The number of aromatic nitrogens is 2. The number of ether oxygens (including phenoxy) is 1. The number of hydrogen-bond acceptors (Lipinski definition) is 7. The fraction of sp³-hybridized carbons (Fsp3) is 0.556. The van der Waals surface area contributed by atoms with E-state index in [0.29, 0.717) is 43.5 Å². The zero-order valence-corrected chi connectivity index (χ0v) is 17.8. The third kappa shape index (κ3) is 4.48. The van der Waals surface area contributed by atoms with Gasteiger partial charge in [-0.1, -0.05) is 32.9 Å². The number of benzene rings is 1. The van der Waals surface area contributed by atoms with Crippen LogP contribution in [0.5, 0.6) is 0 Å². The molecule has 0 N–H and O–H groups in total. The molecule has 1 fully saturated rings. The number of nitrogens with zero attached hydrogens (tertiary/aromatic N) is 4. The zero-order chi connectivity index (χ0) is 19.7. The van der Waals surface area contributed by atoms with Crippen LogP contribution in [0.15, 0.2) is 29.2 Å². The molecule has 0 unspecified atom stereocenters. The third-order valence-corrected chi connectivity index (χ3v) is 7.33. The van der Waals surface area contributed by atoms with E-state index in [9.17, 15) is 8.42 Å². The van der Waals surface area contributed by atoms with E-state index in [-0.39, 0.29) is 5.41 Å². The summed E-state index contributed by atoms with van der Waals surface area (Å²) >= 11 is 1.32. The first-order valence-electron chi connectivity index (χ1n) is 8.89. The summed E-state index contributed by atoms with van der Waals surface area (Å²) in [7, 11) is -1.87. The molecule has 1 aromatic carbocycles. The van der Waals surface area contributed by atoms with Gasteiger partial charge in [-0.25, -0.2) is 13.4 Å². The smallest absolute Gasteiger partial charge is 0.243 e. The summed E-state index contributed by atoms with van der Waals surface area (Å²) in [6.45, 7) is 8.78. The molecule has 0 saturated carbocycles. The molecule has 0 bridgehead atoms. The first-order valence-corrected chi connectivity index (χ1v) is 11.1. The molecule has 3 rings (SSSR count). The summed E-state index contributed by atoms with van der Waals surface area (Å²) in [5.41, 5.74) is 1.12. The van der Waals surface area contributed by atoms with Crippen LogP contribution in [0.25, 0.3) is 0 Å². The summed E-state index contributed by atoms with van der Waals surface area (Å²) in [5, 5.41) is 0.814. The Kier molecular flexibility index (Phi) is 5.85. The largest absolute Gasteiger partial charge is 0.377 e. The third-order valence-electron chi connectivity index (χ3n) is 4.60. The van der Waals surface area contributed by atoms with Crippen molar-refractivity contribution in [1.29, 1.82) is 0 Å². The molecule has 1 aliphatic rings. The Labute approximate surface area is 165 Å². The van der Waals surface area contributed by atoms with Gasteiger partial charge in [0.15, 0.2) is 5.82 Å². The van der Waals surface area contributed by atoms with Gasteiger partial charge in [0, 0.05) is 44.8 Å². The zero-order valence-electron chi connectivity index (χ0n) is 16.2. The van der Waals surface area contributed by atoms with Crippen LogP contribution in [-0.2, 0) is 26.8 Å². The van der Waals surface area contributed by atoms with Gasteiger partial charge in [0.2, 0.25) is 15.2 Å². The van der Waals surface area contributed by atoms with Crippen molar-refractivity contribution in [2.24, 2.45) is 0 Å². The number of sulfonamides is 1. The van der Waals surface area contributed by atoms with E-state index >= 15 is 0 Å². The molecular weight excluding hydrogens is 384 g/mol. The van der Waals surface area contributed by atoms with Crippen LogP contribution in [0.3, 0.4) is 0 Å². The second-order valence-corrected chi connectivity index (χ2v) is 10.3. The Bertz CT molecular complexity index is 865. The second kappa shape index (κ2) is 7.83. The molecule has 1 aliphatic heterocycles. The molecule has 9 heteroatoms. The van der Waals surface area contributed by atoms with Gasteiger partial charge in [-0.2, -0.15) is 8.68 Å². The highest BCUT2D eigenvalue weighted by molar-refractivity contribution is 7.89. The summed E-state index contributed by atoms with van der Waals surface area (Å²) < 4.78 is 36.7. The molecule has 148 valence electrons. The topological polar surface area (TPSA) is 75.6 Å². The van der Waals surface area contributed by atoms with Crippen LogP contribution in [0.1, 0.15) is 32.2 Å². The Balaban J connectivity index is 1.67. The minimum Gasteiger partial charge on any atom is -0.377 e. The van der Waals surface area contributed by atoms with Crippen molar-refractivity contribution >= 4 is 26.7 Å². The minimum atomic E-state index is -3.48. The van der Waals surface area contributed by atoms with Crippen molar-refractivity contribution in [3.8, 4) is 0 Å². The van der Waals surface area contributed by atoms with Crippen molar-refractivity contribution < 1.29 is 13.2 Å². The van der Waals surface area contributed by atoms with Gasteiger partial charge < -0.3 is 9.64 Å². The summed E-state index contributed by atoms with van der Waals surface area (Å²) in [6, 6.07) is 7.23. The van der Waals surface area contributed by atoms with Gasteiger partial charge in [0.1, 0.15) is 6.61 Å². The van der Waals surface area contributed by atoms with Crippen molar-refractivity contribution in [2.75, 3.05) is 38.2 Å². The van der Waals surface area contributed by atoms with E-state index in [4.69, 9.17) is 4.74 Å². The van der Waals surface area contributed by atoms with Gasteiger partial charge in [-0.3, -0.25) is 0 Å². The fourth-order valence-electron chi connectivity index (χ4n) is 2.96. The van der Waals surface area contributed by atoms with E-state index in [2.05, 4.69) is 35.0 Å². The average molecular weight is 411 g/mol. The van der Waals surface area contributed by atoms with Gasteiger partial charge in [-0.15, -0.1) is 0 Å². The summed E-state index contributed by atoms with van der Waals surface area (Å²) in [5.74, 6) is 0.659. The highest BCUT2D eigenvalue weighted by Crippen LogP contribution is 2.26. The standard InChI is InChI=1S/C18H26N4O3S2/c1-18(2,3)14-5-7-15(8-6-14)27(23,24)22-11-9-21(10-12-22)17-19-16(13-25-4)20-26-17/h5-8H,9-13H2,1-4H3. The van der Waals surface area contributed by atoms with Crippen molar-refractivity contribution in [2.45, 2.75) is 37.7 Å². The Morgan fingerprint density at radius 2 is 1.74 bits per heavy atom. The van der Waals surface area contributed by atoms with Crippen molar-refractivity contribution in [3.63, 3.8) is 0 Å². The lowest BCUT2D eigenvalue weighted by Crippen LogP contribution is -2.48. The molecule has 1 saturated heterocycles. The quantitative estimate of drug-likeness (QED) is 0.754. The predicted molar refractivity (Wildman–Crippen MR) is 107 cm³/mol. The number of rotatable bonds is 5. The average Bonchev–Trinajstić information content (AvgIpc) is 3.10. The van der Waals surface area contributed by atoms with Crippen LogP contribution in [0, 0.1) is 0 Å². The van der Waals surface area contributed by atoms with Crippen LogP contribution < -0.4 is 4.90 Å². The van der Waals surface area contributed by atoms with Crippen LogP contribution in [0.2, 0.25) is 0 Å². The molecule has 0 atom stereocenters. The van der Waals surface area contributed by atoms with Gasteiger partial charge >= 0.3 is 0 Å². The highest BCUT2D eigenvalue weighted by Gasteiger charge is 2.30. The van der Waals surface area contributed by atoms with Crippen LogP contribution in [-0.4, -0.2) is 55.4 Å². The molecule has 0 radical (unpaired) electrons. The number of anilines is 1. The van der Waals surface area contributed by atoms with E-state index < -0.39 is 10.0 Å². The first-order chi connectivity index (χ1) is 12.7. The summed E-state index contributed by atoms with van der Waals surface area (Å²) in [6.07, 6.45) is 0. The Morgan fingerprint density at radius 1 is 1.11 bits per heavy atom. The minimum absolute atomic E-state index is 0.00265. The molecule has 0 spiro atoms. The Morgan fingerprint density at radius 3 is 2.30 bits per heavy atom. The lowest BCUT2D eigenvalue weighted by atomic mass is 9.87. The molecule has 7 nitrogen and oxygen atoms in total. The normalized spacial score (nSPS) is 16.7. The number of methoxy groups -OCH3 is 1. The van der Waals surface area contributed by atoms with E-state index in [1.54, 1.807) is 23.5 Å². The second-order valence-electron chi connectivity index (χ2n) is 7.59. The molecule has 2 heterocycles. The van der Waals surface area contributed by atoms with E-state index in [1.807, 2.05) is 12.1 Å². The predicted octanol–water partition coefficient (Wildman–Crippen LogP) is 2.49. The van der Waals surface area contributed by atoms with Crippen LogP contribution in [0.4, 0.5) is 5.13 Å². The van der Waals surface area contributed by atoms with Crippen molar-refractivity contribution in [1.82, 2.24) is 13.7 Å². The first kappa shape index (κ1) is 20.2. The van der Waals surface area contributed by atoms with Crippen LogP contribution >= 0.6 is 11.5 Å². The summed E-state index contributed by atoms with van der Waals surface area (Å²) in [4.78, 5) is 6.87. The van der Waals surface area contributed by atoms with Crippen molar-refractivity contribution in [3.05, 3.63) is 35.7 Å².